The first kappa shape index (κ1) is 18.7. The lowest BCUT2D eigenvalue weighted by atomic mass is 9.99. The summed E-state index contributed by atoms with van der Waals surface area (Å²) in [6.07, 6.45) is 3.62. The number of aromatic nitrogens is 4. The normalized spacial score (nSPS) is 14.6. The third kappa shape index (κ3) is 2.80. The number of aromatic hydroxyl groups is 1. The number of hydrogen-bond donors (Lipinski definition) is 4. The van der Waals surface area contributed by atoms with E-state index in [9.17, 15) is 9.90 Å². The third-order valence-corrected chi connectivity index (χ3v) is 6.34. The summed E-state index contributed by atoms with van der Waals surface area (Å²) in [5.74, 6) is 0.523. The van der Waals surface area contributed by atoms with Crippen LogP contribution in [0.1, 0.15) is 19.3 Å². The van der Waals surface area contributed by atoms with Crippen molar-refractivity contribution in [3.05, 3.63) is 52.8 Å². The molecule has 2 aromatic carbocycles. The summed E-state index contributed by atoms with van der Waals surface area (Å²) in [6.45, 7) is 2.05. The molecule has 6 rings (SSSR count). The lowest BCUT2D eigenvalue weighted by Crippen LogP contribution is -2.29. The van der Waals surface area contributed by atoms with Crippen LogP contribution in [0.2, 0.25) is 0 Å². The van der Waals surface area contributed by atoms with Crippen molar-refractivity contribution in [1.29, 1.82) is 0 Å². The van der Waals surface area contributed by atoms with Gasteiger partial charge in [-0.15, -0.1) is 0 Å². The zero-order valence-corrected chi connectivity index (χ0v) is 17.4. The first-order valence-electron chi connectivity index (χ1n) is 10.8. The van der Waals surface area contributed by atoms with Crippen molar-refractivity contribution in [2.75, 3.05) is 23.7 Å². The number of benzene rings is 2. The molecule has 0 radical (unpaired) electrons. The van der Waals surface area contributed by atoms with E-state index in [-0.39, 0.29) is 11.3 Å². The fourth-order valence-corrected chi connectivity index (χ4v) is 4.78. The van der Waals surface area contributed by atoms with E-state index in [0.717, 1.165) is 35.1 Å². The summed E-state index contributed by atoms with van der Waals surface area (Å²) in [7, 11) is 0. The van der Waals surface area contributed by atoms with Crippen LogP contribution in [0.4, 0.5) is 11.5 Å². The van der Waals surface area contributed by atoms with Crippen LogP contribution in [0.25, 0.3) is 44.0 Å². The number of nitrogen functional groups attached to an aromatic ring is 1. The summed E-state index contributed by atoms with van der Waals surface area (Å²) >= 11 is 0. The molecule has 1 aliphatic heterocycles. The first-order chi connectivity index (χ1) is 15.6. The molecule has 5 aromatic rings. The van der Waals surface area contributed by atoms with Crippen molar-refractivity contribution in [3.63, 3.8) is 0 Å². The molecule has 5 N–H and O–H groups in total. The topological polar surface area (TPSA) is 124 Å². The van der Waals surface area contributed by atoms with Gasteiger partial charge in [-0.2, -0.15) is 5.10 Å². The van der Waals surface area contributed by atoms with Crippen molar-refractivity contribution in [2.24, 2.45) is 0 Å². The maximum atomic E-state index is 13.4. The minimum atomic E-state index is -0.235. The highest BCUT2D eigenvalue weighted by atomic mass is 16.3. The Labute approximate surface area is 182 Å². The Hall–Kier alpha value is -4.07. The van der Waals surface area contributed by atoms with E-state index in [0.29, 0.717) is 33.5 Å². The Kier molecular flexibility index (Phi) is 4.07. The second-order valence-corrected chi connectivity index (χ2v) is 8.32. The van der Waals surface area contributed by atoms with E-state index in [1.807, 2.05) is 12.1 Å². The lowest BCUT2D eigenvalue weighted by Gasteiger charge is -2.29. The SMILES string of the molecule is Nc1[nH]nc2nc(-c3ccc(O)cc3)c3c(=O)[nH]c4cc(N5CCCCC5)ccc4c3c12. The minimum Gasteiger partial charge on any atom is -0.508 e. The van der Waals surface area contributed by atoms with Gasteiger partial charge in [-0.1, -0.05) is 6.07 Å². The second kappa shape index (κ2) is 6.98. The quantitative estimate of drug-likeness (QED) is 0.317. The van der Waals surface area contributed by atoms with Crippen molar-refractivity contribution < 1.29 is 5.11 Å². The van der Waals surface area contributed by atoms with Crippen LogP contribution in [0, 0.1) is 0 Å². The number of pyridine rings is 2. The predicted octanol–water partition coefficient (Wildman–Crippen LogP) is 3.90. The van der Waals surface area contributed by atoms with Gasteiger partial charge in [0.05, 0.1) is 22.0 Å². The standard InChI is InChI=1S/C24H22N6O2/c25-22-20-18-16-9-6-14(30-10-2-1-3-11-30)12-17(16)26-24(32)19(18)21(27-23(20)29-28-22)13-4-7-15(31)8-5-13/h4-9,12,31H,1-3,10-11H2,(H,26,32)(H3,25,27,28,29). The predicted molar refractivity (Wildman–Crippen MR) is 127 cm³/mol. The molecular weight excluding hydrogens is 404 g/mol. The van der Waals surface area contributed by atoms with Gasteiger partial charge >= 0.3 is 0 Å². The number of piperidine rings is 1. The molecule has 0 aliphatic carbocycles. The molecule has 160 valence electrons. The maximum Gasteiger partial charge on any atom is 0.258 e. The van der Waals surface area contributed by atoms with Crippen LogP contribution in [-0.4, -0.2) is 38.4 Å². The van der Waals surface area contributed by atoms with Crippen LogP contribution in [0.15, 0.2) is 47.3 Å². The van der Waals surface area contributed by atoms with Gasteiger partial charge in [0.25, 0.3) is 5.56 Å². The highest BCUT2D eigenvalue weighted by Gasteiger charge is 2.20. The van der Waals surface area contributed by atoms with Crippen LogP contribution >= 0.6 is 0 Å². The molecule has 0 spiro atoms. The Morgan fingerprint density at radius 3 is 2.53 bits per heavy atom. The van der Waals surface area contributed by atoms with E-state index in [2.05, 4.69) is 31.1 Å². The van der Waals surface area contributed by atoms with Gasteiger partial charge in [-0.25, -0.2) is 4.98 Å². The lowest BCUT2D eigenvalue weighted by molar-refractivity contribution is 0.475. The summed E-state index contributed by atoms with van der Waals surface area (Å²) in [5.41, 5.74) is 9.52. The summed E-state index contributed by atoms with van der Waals surface area (Å²) < 4.78 is 0. The maximum absolute atomic E-state index is 13.4. The fourth-order valence-electron chi connectivity index (χ4n) is 4.78. The Balaban J connectivity index is 1.70. The van der Waals surface area contributed by atoms with Crippen LogP contribution in [0.5, 0.6) is 5.75 Å². The summed E-state index contributed by atoms with van der Waals surface area (Å²) in [5, 5.41) is 19.5. The number of nitrogens with two attached hydrogens (primary N) is 1. The van der Waals surface area contributed by atoms with Gasteiger partial charge in [0.2, 0.25) is 0 Å². The van der Waals surface area contributed by atoms with Gasteiger partial charge in [-0.05, 0) is 55.7 Å². The number of anilines is 2. The fraction of sp³-hybridized carbons (Fsp3) is 0.208. The molecule has 32 heavy (non-hydrogen) atoms. The van der Waals surface area contributed by atoms with Gasteiger partial charge in [0, 0.05) is 35.1 Å². The summed E-state index contributed by atoms with van der Waals surface area (Å²) in [4.78, 5) is 23.5. The number of fused-ring (bicyclic) bond motifs is 5. The Morgan fingerprint density at radius 2 is 1.75 bits per heavy atom. The molecule has 0 unspecified atom stereocenters. The number of H-pyrrole nitrogens is 2. The molecule has 8 heteroatoms. The molecule has 0 amide bonds. The largest absolute Gasteiger partial charge is 0.508 e. The number of nitrogens with zero attached hydrogens (tertiary/aromatic N) is 3. The average molecular weight is 426 g/mol. The second-order valence-electron chi connectivity index (χ2n) is 8.32. The van der Waals surface area contributed by atoms with E-state index >= 15 is 0 Å². The molecule has 0 atom stereocenters. The highest BCUT2D eigenvalue weighted by Crippen LogP contribution is 2.37. The van der Waals surface area contributed by atoms with Crippen LogP contribution in [-0.2, 0) is 0 Å². The van der Waals surface area contributed by atoms with Crippen molar-refractivity contribution >= 4 is 44.2 Å². The first-order valence-corrected chi connectivity index (χ1v) is 10.8. The molecule has 1 fully saturated rings. The highest BCUT2D eigenvalue weighted by molar-refractivity contribution is 6.23. The third-order valence-electron chi connectivity index (χ3n) is 6.34. The average Bonchev–Trinajstić information content (AvgIpc) is 3.19. The molecule has 3 aromatic heterocycles. The molecule has 8 nitrogen and oxygen atoms in total. The van der Waals surface area contributed by atoms with Crippen LogP contribution < -0.4 is 16.2 Å². The zero-order chi connectivity index (χ0) is 21.8. The van der Waals surface area contributed by atoms with Crippen molar-refractivity contribution in [1.82, 2.24) is 20.2 Å². The number of aromatic amines is 2. The van der Waals surface area contributed by atoms with Gasteiger partial charge < -0.3 is 20.7 Å². The Bertz CT molecular complexity index is 1550. The molecule has 4 heterocycles. The van der Waals surface area contributed by atoms with Crippen molar-refractivity contribution in [2.45, 2.75) is 19.3 Å². The van der Waals surface area contributed by atoms with Crippen LogP contribution in [0.3, 0.4) is 0 Å². The van der Waals surface area contributed by atoms with E-state index in [4.69, 9.17) is 5.73 Å². The molecule has 1 saturated heterocycles. The number of phenolic OH excluding ortho intramolecular Hbond substituents is 1. The summed E-state index contributed by atoms with van der Waals surface area (Å²) in [6, 6.07) is 12.8. The number of rotatable bonds is 2. The van der Waals surface area contributed by atoms with Gasteiger partial charge in [0.1, 0.15) is 11.6 Å². The number of phenols is 1. The smallest absolute Gasteiger partial charge is 0.258 e. The Morgan fingerprint density at radius 1 is 0.969 bits per heavy atom. The molecule has 0 saturated carbocycles. The van der Waals surface area contributed by atoms with Gasteiger partial charge in [0.15, 0.2) is 5.65 Å². The molecular formula is C24H22N6O2. The number of hydrogen-bond acceptors (Lipinski definition) is 6. The van der Waals surface area contributed by atoms with Crippen molar-refractivity contribution in [3.8, 4) is 17.0 Å². The minimum absolute atomic E-state index is 0.146. The molecule has 1 aliphatic rings. The molecule has 0 bridgehead atoms. The van der Waals surface area contributed by atoms with E-state index in [1.54, 1.807) is 24.3 Å². The number of nitrogens with one attached hydrogen (secondary N) is 2. The monoisotopic (exact) mass is 426 g/mol. The van der Waals surface area contributed by atoms with E-state index in [1.165, 1.54) is 19.3 Å². The van der Waals surface area contributed by atoms with Gasteiger partial charge in [-0.3, -0.25) is 9.89 Å². The zero-order valence-electron chi connectivity index (χ0n) is 17.4. The van der Waals surface area contributed by atoms with E-state index < -0.39 is 0 Å².